The standard InChI is InChI=1S/C22H21N3O5S/c1-12-19(15-8-4-6-10-17(15)23-12)20(26)14(3)30-22(27)13(2)24-21-16-9-5-7-11-18(16)31(28,29)25-21/h4-11,13-14,23H,1-3H3,(H,24,25)/t13-,14?/m1/s1. The van der Waals surface area contributed by atoms with Gasteiger partial charge >= 0.3 is 5.97 Å². The molecular weight excluding hydrogens is 418 g/mol. The van der Waals surface area contributed by atoms with Gasteiger partial charge in [-0.3, -0.25) is 14.5 Å². The Balaban J connectivity index is 1.52. The molecule has 1 aliphatic rings. The van der Waals surface area contributed by atoms with Crippen molar-refractivity contribution < 1.29 is 22.7 Å². The number of aryl methyl sites for hydroxylation is 1. The van der Waals surface area contributed by atoms with E-state index in [-0.39, 0.29) is 16.5 Å². The second-order valence-electron chi connectivity index (χ2n) is 7.37. The van der Waals surface area contributed by atoms with Gasteiger partial charge in [0.05, 0.1) is 4.90 Å². The first-order chi connectivity index (χ1) is 14.7. The number of carbonyl (C=O) groups is 2. The van der Waals surface area contributed by atoms with Crippen LogP contribution in [0.1, 0.15) is 35.5 Å². The Kier molecular flexibility index (Phi) is 5.14. The maximum absolute atomic E-state index is 13.0. The van der Waals surface area contributed by atoms with Gasteiger partial charge in [0, 0.05) is 27.7 Å². The first kappa shape index (κ1) is 20.8. The lowest BCUT2D eigenvalue weighted by Crippen LogP contribution is -2.31. The zero-order chi connectivity index (χ0) is 22.3. The van der Waals surface area contributed by atoms with Crippen molar-refractivity contribution >= 4 is 38.5 Å². The third-order valence-corrected chi connectivity index (χ3v) is 6.53. The molecule has 0 radical (unpaired) electrons. The maximum Gasteiger partial charge on any atom is 0.331 e. The highest BCUT2D eigenvalue weighted by Crippen LogP contribution is 2.25. The minimum Gasteiger partial charge on any atom is -0.453 e. The Morgan fingerprint density at radius 3 is 2.48 bits per heavy atom. The molecule has 2 heterocycles. The van der Waals surface area contributed by atoms with Crippen LogP contribution in [0, 0.1) is 6.92 Å². The molecule has 0 bridgehead atoms. The first-order valence-electron chi connectivity index (χ1n) is 9.71. The van der Waals surface area contributed by atoms with Crippen LogP contribution in [0.4, 0.5) is 0 Å². The van der Waals surface area contributed by atoms with Gasteiger partial charge in [0.25, 0.3) is 10.0 Å². The largest absolute Gasteiger partial charge is 0.453 e. The van der Waals surface area contributed by atoms with E-state index in [0.717, 1.165) is 10.9 Å². The average molecular weight is 439 g/mol. The zero-order valence-electron chi connectivity index (χ0n) is 17.2. The summed E-state index contributed by atoms with van der Waals surface area (Å²) in [5.74, 6) is -0.976. The molecule has 0 saturated heterocycles. The van der Waals surface area contributed by atoms with E-state index in [2.05, 4.69) is 14.7 Å². The highest BCUT2D eigenvalue weighted by molar-refractivity contribution is 7.90. The highest BCUT2D eigenvalue weighted by atomic mass is 32.2. The second-order valence-corrected chi connectivity index (χ2v) is 9.02. The molecule has 0 amide bonds. The van der Waals surface area contributed by atoms with Crippen LogP contribution >= 0.6 is 0 Å². The molecule has 0 spiro atoms. The number of nitrogens with one attached hydrogen (secondary N) is 2. The van der Waals surface area contributed by atoms with Crippen molar-refractivity contribution in [3.05, 3.63) is 65.4 Å². The molecular formula is C22H21N3O5S. The predicted octanol–water partition coefficient (Wildman–Crippen LogP) is 2.72. The van der Waals surface area contributed by atoms with Crippen molar-refractivity contribution in [3.8, 4) is 0 Å². The Labute approximate surface area is 179 Å². The minimum absolute atomic E-state index is 0.0755. The summed E-state index contributed by atoms with van der Waals surface area (Å²) in [7, 11) is -3.71. The molecule has 0 aliphatic carbocycles. The quantitative estimate of drug-likeness (QED) is 0.468. The van der Waals surface area contributed by atoms with E-state index < -0.39 is 28.1 Å². The summed E-state index contributed by atoms with van der Waals surface area (Å²) in [6.07, 6.45) is -1.03. The number of aromatic amines is 1. The average Bonchev–Trinajstić information content (AvgIpc) is 3.20. The Morgan fingerprint density at radius 1 is 1.03 bits per heavy atom. The number of para-hydroxylation sites is 1. The summed E-state index contributed by atoms with van der Waals surface area (Å²) in [6, 6.07) is 12.8. The Morgan fingerprint density at radius 2 is 1.71 bits per heavy atom. The van der Waals surface area contributed by atoms with Crippen molar-refractivity contribution in [2.45, 2.75) is 37.8 Å². The van der Waals surface area contributed by atoms with Gasteiger partial charge < -0.3 is 9.72 Å². The smallest absolute Gasteiger partial charge is 0.331 e. The summed E-state index contributed by atoms with van der Waals surface area (Å²) >= 11 is 0. The number of rotatable bonds is 5. The van der Waals surface area contributed by atoms with E-state index in [4.69, 9.17) is 4.74 Å². The van der Waals surface area contributed by atoms with Crippen molar-refractivity contribution in [2.75, 3.05) is 0 Å². The number of ether oxygens (including phenoxy) is 1. The van der Waals surface area contributed by atoms with Crippen LogP contribution in [0.25, 0.3) is 10.9 Å². The third kappa shape index (κ3) is 3.72. The van der Waals surface area contributed by atoms with Crippen LogP contribution in [0.3, 0.4) is 0 Å². The first-order valence-corrected chi connectivity index (χ1v) is 11.2. The number of hydrogen-bond acceptors (Lipinski definition) is 6. The number of ketones is 1. The van der Waals surface area contributed by atoms with Crippen molar-refractivity contribution in [1.82, 2.24) is 9.71 Å². The molecule has 4 rings (SSSR count). The molecule has 8 nitrogen and oxygen atoms in total. The normalized spacial score (nSPS) is 17.7. The van der Waals surface area contributed by atoms with Gasteiger partial charge in [-0.05, 0) is 39.0 Å². The van der Waals surface area contributed by atoms with Gasteiger partial charge in [0.2, 0.25) is 5.78 Å². The lowest BCUT2D eigenvalue weighted by Gasteiger charge is -2.15. The number of benzene rings is 2. The molecule has 0 saturated carbocycles. The fourth-order valence-electron chi connectivity index (χ4n) is 3.60. The van der Waals surface area contributed by atoms with Crippen LogP contribution < -0.4 is 4.72 Å². The summed E-state index contributed by atoms with van der Waals surface area (Å²) in [6.45, 7) is 4.79. The SMILES string of the molecule is Cc1[nH]c2ccccc2c1C(=O)C(C)OC(=O)[C@@H](C)N=C1NS(=O)(=O)c2ccccc21. The fourth-order valence-corrected chi connectivity index (χ4v) is 4.84. The van der Waals surface area contributed by atoms with E-state index in [1.165, 1.54) is 19.9 Å². The number of H-pyrrole nitrogens is 1. The van der Waals surface area contributed by atoms with Gasteiger partial charge in [-0.25, -0.2) is 13.2 Å². The molecule has 9 heteroatoms. The molecule has 0 fully saturated rings. The summed E-state index contributed by atoms with van der Waals surface area (Å²) in [5, 5.41) is 0.762. The molecule has 160 valence electrons. The number of carbonyl (C=O) groups excluding carboxylic acids is 2. The third-order valence-electron chi connectivity index (χ3n) is 5.13. The van der Waals surface area contributed by atoms with Crippen molar-refractivity contribution in [3.63, 3.8) is 0 Å². The number of amidine groups is 1. The van der Waals surface area contributed by atoms with Crippen LogP contribution in [0.2, 0.25) is 0 Å². The molecule has 31 heavy (non-hydrogen) atoms. The molecule has 2 N–H and O–H groups in total. The number of Topliss-reactive ketones (excluding diaryl/α,β-unsaturated/α-hetero) is 1. The van der Waals surface area contributed by atoms with Crippen molar-refractivity contribution in [2.24, 2.45) is 4.99 Å². The number of esters is 1. The molecule has 1 aromatic heterocycles. The number of sulfonamides is 1. The topological polar surface area (TPSA) is 118 Å². The maximum atomic E-state index is 13.0. The molecule has 2 atom stereocenters. The van der Waals surface area contributed by atoms with Crippen molar-refractivity contribution in [1.29, 1.82) is 0 Å². The molecule has 3 aromatic rings. The second kappa shape index (κ2) is 7.66. The van der Waals surface area contributed by atoms with E-state index in [0.29, 0.717) is 16.8 Å². The zero-order valence-corrected chi connectivity index (χ0v) is 18.0. The fraction of sp³-hybridized carbons (Fsp3) is 0.227. The van der Waals surface area contributed by atoms with Crippen LogP contribution in [-0.4, -0.2) is 43.1 Å². The van der Waals surface area contributed by atoms with Crippen LogP contribution in [-0.2, 0) is 19.6 Å². The van der Waals surface area contributed by atoms with Gasteiger partial charge in [-0.1, -0.05) is 30.3 Å². The van der Waals surface area contributed by atoms with Crippen LogP contribution in [0.5, 0.6) is 0 Å². The van der Waals surface area contributed by atoms with E-state index >= 15 is 0 Å². The van der Waals surface area contributed by atoms with E-state index in [9.17, 15) is 18.0 Å². The number of aromatic nitrogens is 1. The minimum atomic E-state index is -3.71. The van der Waals surface area contributed by atoms with Crippen LogP contribution in [0.15, 0.2) is 58.4 Å². The van der Waals surface area contributed by atoms with Gasteiger partial charge in [0.15, 0.2) is 6.10 Å². The summed E-state index contributed by atoms with van der Waals surface area (Å²) < 4.78 is 32.1. The van der Waals surface area contributed by atoms with Gasteiger partial charge in [-0.15, -0.1) is 0 Å². The van der Waals surface area contributed by atoms with E-state index in [1.54, 1.807) is 25.1 Å². The van der Waals surface area contributed by atoms with Gasteiger partial charge in [0.1, 0.15) is 11.9 Å². The monoisotopic (exact) mass is 439 g/mol. The number of fused-ring (bicyclic) bond motifs is 2. The lowest BCUT2D eigenvalue weighted by molar-refractivity contribution is -0.147. The number of hydrogen-bond donors (Lipinski definition) is 2. The Hall–Kier alpha value is -3.46. The number of nitrogens with zero attached hydrogens (tertiary/aromatic N) is 1. The summed E-state index contributed by atoms with van der Waals surface area (Å²) in [5.41, 5.74) is 2.39. The lowest BCUT2D eigenvalue weighted by atomic mass is 10.0. The number of aliphatic imine (C=N–C) groups is 1. The van der Waals surface area contributed by atoms with E-state index in [1.807, 2.05) is 24.3 Å². The van der Waals surface area contributed by atoms with Gasteiger partial charge in [-0.2, -0.15) is 0 Å². The predicted molar refractivity (Wildman–Crippen MR) is 116 cm³/mol. The summed E-state index contributed by atoms with van der Waals surface area (Å²) in [4.78, 5) is 33.0. The Bertz CT molecular complexity index is 1340. The molecule has 2 aromatic carbocycles. The highest BCUT2D eigenvalue weighted by Gasteiger charge is 2.32. The molecule has 1 aliphatic heterocycles. The molecule has 1 unspecified atom stereocenters.